The minimum Gasteiger partial charge on any atom is -0.379 e. The van der Waals surface area contributed by atoms with Gasteiger partial charge in [-0.05, 0) is 12.5 Å². The number of nitrogens with one attached hydrogen (secondary N) is 1. The van der Waals surface area contributed by atoms with E-state index in [1.54, 1.807) is 0 Å². The average Bonchev–Trinajstić information content (AvgIpc) is 2.27. The van der Waals surface area contributed by atoms with Crippen molar-refractivity contribution in [3.63, 3.8) is 0 Å². The maximum absolute atomic E-state index is 11.7. The number of halogens is 1. The van der Waals surface area contributed by atoms with Crippen molar-refractivity contribution in [1.82, 2.24) is 9.03 Å². The molecule has 6 nitrogen and oxygen atoms in total. The minimum atomic E-state index is -3.34. The van der Waals surface area contributed by atoms with Crippen LogP contribution in [-0.2, 0) is 14.9 Å². The summed E-state index contributed by atoms with van der Waals surface area (Å²) in [6.45, 7) is 4.54. The second-order valence-electron chi connectivity index (χ2n) is 3.71. The fourth-order valence-corrected chi connectivity index (χ4v) is 2.52. The Hall–Kier alpha value is 0.0800. The third kappa shape index (κ3) is 4.94. The fraction of sp³-hybridized carbons (Fsp3) is 1.00. The van der Waals surface area contributed by atoms with Crippen LogP contribution in [0, 0.1) is 5.92 Å². The van der Waals surface area contributed by atoms with Crippen molar-refractivity contribution in [2.75, 3.05) is 39.4 Å². The molecule has 1 heterocycles. The van der Waals surface area contributed by atoms with Gasteiger partial charge in [-0.25, -0.2) is 4.72 Å². The molecule has 1 fully saturated rings. The first-order chi connectivity index (χ1) is 7.06. The molecule has 0 aliphatic carbocycles. The molecule has 16 heavy (non-hydrogen) atoms. The molecule has 1 rings (SSSR count). The van der Waals surface area contributed by atoms with Gasteiger partial charge in [0, 0.05) is 19.6 Å². The van der Waals surface area contributed by atoms with E-state index in [1.165, 1.54) is 4.31 Å². The highest BCUT2D eigenvalue weighted by atomic mass is 35.5. The summed E-state index contributed by atoms with van der Waals surface area (Å²) in [5.74, 6) is 0.154. The van der Waals surface area contributed by atoms with Crippen LogP contribution in [0.5, 0.6) is 0 Å². The molecule has 1 saturated heterocycles. The van der Waals surface area contributed by atoms with E-state index >= 15 is 0 Å². The van der Waals surface area contributed by atoms with E-state index < -0.39 is 10.2 Å². The largest absolute Gasteiger partial charge is 0.379 e. The van der Waals surface area contributed by atoms with Crippen molar-refractivity contribution < 1.29 is 13.2 Å². The zero-order chi connectivity index (χ0) is 11.3. The Kier molecular flexibility index (Phi) is 7.45. The van der Waals surface area contributed by atoms with Crippen LogP contribution in [0.4, 0.5) is 0 Å². The van der Waals surface area contributed by atoms with Crippen molar-refractivity contribution in [1.29, 1.82) is 0 Å². The lowest BCUT2D eigenvalue weighted by Gasteiger charge is -2.26. The van der Waals surface area contributed by atoms with E-state index in [2.05, 4.69) is 4.72 Å². The minimum absolute atomic E-state index is 0. The highest BCUT2D eigenvalue weighted by Gasteiger charge is 2.23. The summed E-state index contributed by atoms with van der Waals surface area (Å²) in [7, 11) is -3.34. The Labute approximate surface area is 103 Å². The van der Waals surface area contributed by atoms with E-state index in [4.69, 9.17) is 10.5 Å². The second-order valence-corrected chi connectivity index (χ2v) is 5.46. The number of hydrogen-bond acceptors (Lipinski definition) is 4. The molecule has 0 aromatic heterocycles. The zero-order valence-corrected chi connectivity index (χ0v) is 11.0. The number of rotatable bonds is 5. The Balaban J connectivity index is 0.00000225. The van der Waals surface area contributed by atoms with Gasteiger partial charge in [-0.3, -0.25) is 0 Å². The molecule has 0 radical (unpaired) electrons. The van der Waals surface area contributed by atoms with Gasteiger partial charge in [-0.15, -0.1) is 12.4 Å². The maximum atomic E-state index is 11.7. The zero-order valence-electron chi connectivity index (χ0n) is 9.39. The monoisotopic (exact) mass is 273 g/mol. The molecule has 0 aromatic rings. The first-order valence-electron chi connectivity index (χ1n) is 5.09. The quantitative estimate of drug-likeness (QED) is 0.685. The summed E-state index contributed by atoms with van der Waals surface area (Å²) in [5, 5.41) is 0. The van der Waals surface area contributed by atoms with E-state index in [0.717, 1.165) is 0 Å². The van der Waals surface area contributed by atoms with E-state index in [0.29, 0.717) is 39.4 Å². The Bertz CT molecular complexity index is 280. The molecule has 0 saturated carbocycles. The second kappa shape index (κ2) is 7.41. The van der Waals surface area contributed by atoms with Gasteiger partial charge in [-0.2, -0.15) is 12.7 Å². The van der Waals surface area contributed by atoms with E-state index in [-0.39, 0.29) is 18.3 Å². The Morgan fingerprint density at radius 1 is 1.44 bits per heavy atom. The highest BCUT2D eigenvalue weighted by molar-refractivity contribution is 7.87. The van der Waals surface area contributed by atoms with Gasteiger partial charge in [0.1, 0.15) is 0 Å². The smallest absolute Gasteiger partial charge is 0.279 e. The molecule has 0 spiro atoms. The van der Waals surface area contributed by atoms with Crippen molar-refractivity contribution in [2.24, 2.45) is 11.7 Å². The maximum Gasteiger partial charge on any atom is 0.279 e. The Morgan fingerprint density at radius 3 is 2.50 bits per heavy atom. The number of nitrogens with zero attached hydrogens (tertiary/aromatic N) is 1. The van der Waals surface area contributed by atoms with Crippen LogP contribution in [0.1, 0.15) is 6.92 Å². The molecule has 1 unspecified atom stereocenters. The van der Waals surface area contributed by atoms with Crippen LogP contribution in [0.15, 0.2) is 0 Å². The predicted octanol–water partition coefficient (Wildman–Crippen LogP) is -0.830. The van der Waals surface area contributed by atoms with Crippen LogP contribution in [0.3, 0.4) is 0 Å². The van der Waals surface area contributed by atoms with Gasteiger partial charge < -0.3 is 10.5 Å². The molecule has 0 bridgehead atoms. The predicted molar refractivity (Wildman–Crippen MR) is 64.8 cm³/mol. The van der Waals surface area contributed by atoms with Gasteiger partial charge in [0.15, 0.2) is 0 Å². The van der Waals surface area contributed by atoms with Gasteiger partial charge >= 0.3 is 0 Å². The van der Waals surface area contributed by atoms with Crippen LogP contribution >= 0.6 is 12.4 Å². The van der Waals surface area contributed by atoms with Gasteiger partial charge in [0.05, 0.1) is 13.2 Å². The lowest BCUT2D eigenvalue weighted by atomic mass is 10.2. The molecule has 1 aliphatic heterocycles. The van der Waals surface area contributed by atoms with Crippen molar-refractivity contribution in [3.8, 4) is 0 Å². The molecule has 8 heteroatoms. The molecule has 98 valence electrons. The van der Waals surface area contributed by atoms with Crippen molar-refractivity contribution in [3.05, 3.63) is 0 Å². The molecular weight excluding hydrogens is 254 g/mol. The van der Waals surface area contributed by atoms with E-state index in [1.807, 2.05) is 6.92 Å². The first kappa shape index (κ1) is 16.1. The molecule has 3 N–H and O–H groups in total. The van der Waals surface area contributed by atoms with Crippen LogP contribution < -0.4 is 10.5 Å². The topological polar surface area (TPSA) is 84.7 Å². The lowest BCUT2D eigenvalue weighted by Crippen LogP contribution is -2.47. The Morgan fingerprint density at radius 2 is 2.00 bits per heavy atom. The highest BCUT2D eigenvalue weighted by Crippen LogP contribution is 2.03. The molecule has 0 amide bonds. The summed E-state index contributed by atoms with van der Waals surface area (Å²) >= 11 is 0. The van der Waals surface area contributed by atoms with Crippen LogP contribution in [0.2, 0.25) is 0 Å². The SMILES string of the molecule is CC(CN)CNS(=O)(=O)N1CCOCC1.Cl. The standard InChI is InChI=1S/C8H19N3O3S.ClH/c1-8(6-9)7-10-15(12,13)11-2-4-14-5-3-11;/h8,10H,2-7,9H2,1H3;1H. The van der Waals surface area contributed by atoms with Gasteiger partial charge in [0.2, 0.25) is 0 Å². The number of morpholine rings is 1. The van der Waals surface area contributed by atoms with Crippen LogP contribution in [-0.4, -0.2) is 52.1 Å². The number of nitrogens with two attached hydrogens (primary N) is 1. The van der Waals surface area contributed by atoms with E-state index in [9.17, 15) is 8.42 Å². The normalized spacial score (nSPS) is 20.1. The number of hydrogen-bond donors (Lipinski definition) is 2. The van der Waals surface area contributed by atoms with Gasteiger partial charge in [-0.1, -0.05) is 6.92 Å². The molecular formula is C8H20ClN3O3S. The third-order valence-electron chi connectivity index (χ3n) is 2.33. The summed E-state index contributed by atoms with van der Waals surface area (Å²) in [6, 6.07) is 0. The summed E-state index contributed by atoms with van der Waals surface area (Å²) in [6.07, 6.45) is 0. The average molecular weight is 274 g/mol. The summed E-state index contributed by atoms with van der Waals surface area (Å²) < 4.78 is 32.5. The molecule has 0 aromatic carbocycles. The van der Waals surface area contributed by atoms with Crippen molar-refractivity contribution >= 4 is 22.6 Å². The molecule has 1 atom stereocenters. The number of ether oxygens (including phenoxy) is 1. The van der Waals surface area contributed by atoms with Gasteiger partial charge in [0.25, 0.3) is 10.2 Å². The molecule has 1 aliphatic rings. The third-order valence-corrected chi connectivity index (χ3v) is 3.90. The van der Waals surface area contributed by atoms with Crippen LogP contribution in [0.25, 0.3) is 0 Å². The summed E-state index contributed by atoms with van der Waals surface area (Å²) in [4.78, 5) is 0. The first-order valence-corrected chi connectivity index (χ1v) is 6.53. The fourth-order valence-electron chi connectivity index (χ4n) is 1.21. The lowest BCUT2D eigenvalue weighted by molar-refractivity contribution is 0.0724. The summed E-state index contributed by atoms with van der Waals surface area (Å²) in [5.41, 5.74) is 5.41. The van der Waals surface area contributed by atoms with Crippen molar-refractivity contribution in [2.45, 2.75) is 6.92 Å².